The Morgan fingerprint density at radius 1 is 1.35 bits per heavy atom. The van der Waals surface area contributed by atoms with E-state index in [1.807, 2.05) is 13.8 Å². The van der Waals surface area contributed by atoms with Crippen molar-refractivity contribution in [3.05, 3.63) is 21.1 Å². The molecule has 0 aliphatic heterocycles. The highest BCUT2D eigenvalue weighted by Gasteiger charge is 2.29. The van der Waals surface area contributed by atoms with Crippen LogP contribution >= 0.6 is 27.5 Å². The van der Waals surface area contributed by atoms with Gasteiger partial charge in [0.05, 0.1) is 16.8 Å². The predicted octanol–water partition coefficient (Wildman–Crippen LogP) is 3.31. The minimum absolute atomic E-state index is 0.374. The summed E-state index contributed by atoms with van der Waals surface area (Å²) in [6, 6.07) is 0. The van der Waals surface area contributed by atoms with E-state index in [0.717, 1.165) is 12.1 Å². The first-order valence-corrected chi connectivity index (χ1v) is 6.42. The molecule has 0 amide bonds. The summed E-state index contributed by atoms with van der Waals surface area (Å²) in [4.78, 5) is 8.70. The van der Waals surface area contributed by atoms with E-state index in [2.05, 4.69) is 25.9 Å². The number of ether oxygens (including phenoxy) is 2. The third-order valence-electron chi connectivity index (χ3n) is 2.76. The topological polar surface area (TPSA) is 44.2 Å². The zero-order valence-electron chi connectivity index (χ0n) is 10.4. The Balaban J connectivity index is 3.26. The quantitative estimate of drug-likeness (QED) is 0.780. The van der Waals surface area contributed by atoms with Crippen molar-refractivity contribution in [2.24, 2.45) is 0 Å². The van der Waals surface area contributed by atoms with Gasteiger partial charge in [-0.1, -0.05) is 18.5 Å². The summed E-state index contributed by atoms with van der Waals surface area (Å²) in [5.74, 6) is 0.572. The van der Waals surface area contributed by atoms with E-state index in [1.165, 1.54) is 0 Å². The summed E-state index contributed by atoms with van der Waals surface area (Å²) in [6.07, 6.45) is 0.758. The molecule has 0 radical (unpaired) electrons. The molecule has 1 aromatic rings. The van der Waals surface area contributed by atoms with Crippen molar-refractivity contribution in [1.29, 1.82) is 0 Å². The second-order valence-corrected chi connectivity index (χ2v) is 4.97. The monoisotopic (exact) mass is 322 g/mol. The molecule has 0 saturated carbocycles. The molecule has 0 N–H and O–H groups in total. The van der Waals surface area contributed by atoms with Crippen molar-refractivity contribution in [2.45, 2.75) is 32.5 Å². The Morgan fingerprint density at radius 2 is 2.00 bits per heavy atom. The summed E-state index contributed by atoms with van der Waals surface area (Å²) < 4.78 is 11.2. The van der Waals surface area contributed by atoms with Crippen LogP contribution in [0.5, 0.6) is 0 Å². The average Bonchev–Trinajstić information content (AvgIpc) is 2.34. The van der Waals surface area contributed by atoms with E-state index < -0.39 is 5.60 Å². The second-order valence-electron chi connectivity index (χ2n) is 3.82. The minimum atomic E-state index is -0.535. The lowest BCUT2D eigenvalue weighted by molar-refractivity contribution is -0.00943. The molecule has 1 rings (SSSR count). The van der Waals surface area contributed by atoms with Crippen LogP contribution in [0.1, 0.15) is 31.8 Å². The molecular formula is C11H16BrClN2O2. The molecule has 1 atom stereocenters. The van der Waals surface area contributed by atoms with Gasteiger partial charge in [0.15, 0.2) is 5.82 Å². The number of hydrogen-bond acceptors (Lipinski definition) is 4. The highest BCUT2D eigenvalue weighted by Crippen LogP contribution is 2.30. The lowest BCUT2D eigenvalue weighted by atomic mass is 10.0. The smallest absolute Gasteiger partial charge is 0.162 e. The summed E-state index contributed by atoms with van der Waals surface area (Å²) in [5.41, 5.74) is 0.187. The van der Waals surface area contributed by atoms with Gasteiger partial charge in [-0.25, -0.2) is 9.97 Å². The molecule has 1 unspecified atom stereocenters. The van der Waals surface area contributed by atoms with E-state index in [-0.39, 0.29) is 0 Å². The van der Waals surface area contributed by atoms with Crippen LogP contribution in [0.15, 0.2) is 4.47 Å². The van der Waals surface area contributed by atoms with Gasteiger partial charge >= 0.3 is 0 Å². The van der Waals surface area contributed by atoms with Crippen LogP contribution in [0.4, 0.5) is 0 Å². The van der Waals surface area contributed by atoms with Gasteiger partial charge in [-0.2, -0.15) is 0 Å². The van der Waals surface area contributed by atoms with Crippen LogP contribution in [0, 0.1) is 0 Å². The fourth-order valence-corrected chi connectivity index (χ4v) is 1.81. The summed E-state index contributed by atoms with van der Waals surface area (Å²) in [6.45, 7) is 4.32. The van der Waals surface area contributed by atoms with Crippen LogP contribution in [0.25, 0.3) is 0 Å². The van der Waals surface area contributed by atoms with Crippen molar-refractivity contribution >= 4 is 27.5 Å². The van der Waals surface area contributed by atoms with Crippen molar-refractivity contribution in [3.8, 4) is 0 Å². The standard InChI is InChI=1S/C11H16BrClN2O2/c1-5-11(2,17-4)10-14-7(6-16-3)8(12)9(13)15-10/h5-6H2,1-4H3. The minimum Gasteiger partial charge on any atom is -0.378 e. The van der Waals surface area contributed by atoms with Gasteiger partial charge < -0.3 is 9.47 Å². The van der Waals surface area contributed by atoms with Crippen molar-refractivity contribution in [2.75, 3.05) is 14.2 Å². The van der Waals surface area contributed by atoms with Crippen molar-refractivity contribution in [3.63, 3.8) is 0 Å². The zero-order chi connectivity index (χ0) is 13.1. The van der Waals surface area contributed by atoms with E-state index in [9.17, 15) is 0 Å². The normalized spacial score (nSPS) is 14.7. The molecule has 0 spiro atoms. The van der Waals surface area contributed by atoms with Crippen LogP contribution in [0.2, 0.25) is 5.15 Å². The number of nitrogens with zero attached hydrogens (tertiary/aromatic N) is 2. The molecule has 1 heterocycles. The van der Waals surface area contributed by atoms with Crippen molar-refractivity contribution in [1.82, 2.24) is 9.97 Å². The Hall–Kier alpha value is -0.230. The molecular weight excluding hydrogens is 307 g/mol. The van der Waals surface area contributed by atoms with E-state index in [0.29, 0.717) is 22.1 Å². The molecule has 96 valence electrons. The summed E-state index contributed by atoms with van der Waals surface area (Å²) in [7, 11) is 3.25. The molecule has 0 bridgehead atoms. The molecule has 6 heteroatoms. The van der Waals surface area contributed by atoms with E-state index in [4.69, 9.17) is 21.1 Å². The molecule has 0 fully saturated rings. The van der Waals surface area contributed by atoms with E-state index in [1.54, 1.807) is 14.2 Å². The van der Waals surface area contributed by atoms with Crippen LogP contribution in [-0.2, 0) is 21.7 Å². The first-order valence-electron chi connectivity index (χ1n) is 5.25. The van der Waals surface area contributed by atoms with Gasteiger partial charge in [0.1, 0.15) is 10.8 Å². The van der Waals surface area contributed by atoms with Crippen LogP contribution in [-0.4, -0.2) is 24.2 Å². The Bertz CT molecular complexity index is 397. The lowest BCUT2D eigenvalue weighted by Crippen LogP contribution is -2.27. The van der Waals surface area contributed by atoms with Gasteiger partial charge in [-0.15, -0.1) is 0 Å². The van der Waals surface area contributed by atoms with Gasteiger partial charge in [0, 0.05) is 14.2 Å². The average molecular weight is 324 g/mol. The Labute approximate surface area is 115 Å². The maximum absolute atomic E-state index is 6.07. The fraction of sp³-hybridized carbons (Fsp3) is 0.636. The summed E-state index contributed by atoms with van der Waals surface area (Å²) in [5, 5.41) is 0.374. The third kappa shape index (κ3) is 3.16. The zero-order valence-corrected chi connectivity index (χ0v) is 12.7. The third-order valence-corrected chi connectivity index (χ3v) is 4.09. The lowest BCUT2D eigenvalue weighted by Gasteiger charge is -2.25. The maximum Gasteiger partial charge on any atom is 0.162 e. The van der Waals surface area contributed by atoms with Gasteiger partial charge in [0.25, 0.3) is 0 Å². The first kappa shape index (κ1) is 14.8. The predicted molar refractivity (Wildman–Crippen MR) is 70.1 cm³/mol. The fourth-order valence-electron chi connectivity index (χ4n) is 1.33. The molecule has 0 saturated heterocycles. The number of methoxy groups -OCH3 is 2. The van der Waals surface area contributed by atoms with Crippen LogP contribution in [0.3, 0.4) is 0 Å². The summed E-state index contributed by atoms with van der Waals surface area (Å²) >= 11 is 9.41. The van der Waals surface area contributed by atoms with Gasteiger partial charge in [-0.3, -0.25) is 0 Å². The van der Waals surface area contributed by atoms with Gasteiger partial charge in [0.2, 0.25) is 0 Å². The largest absolute Gasteiger partial charge is 0.378 e. The van der Waals surface area contributed by atoms with Gasteiger partial charge in [-0.05, 0) is 29.3 Å². The first-order chi connectivity index (χ1) is 7.98. The van der Waals surface area contributed by atoms with Crippen molar-refractivity contribution < 1.29 is 9.47 Å². The highest BCUT2D eigenvalue weighted by atomic mass is 79.9. The molecule has 17 heavy (non-hydrogen) atoms. The number of hydrogen-bond donors (Lipinski definition) is 0. The molecule has 4 nitrogen and oxygen atoms in total. The van der Waals surface area contributed by atoms with E-state index >= 15 is 0 Å². The molecule has 1 aromatic heterocycles. The number of aromatic nitrogens is 2. The highest BCUT2D eigenvalue weighted by molar-refractivity contribution is 9.10. The molecule has 0 aromatic carbocycles. The Morgan fingerprint density at radius 3 is 2.47 bits per heavy atom. The number of rotatable bonds is 5. The maximum atomic E-state index is 6.07. The Kier molecular flexibility index (Phi) is 5.31. The second kappa shape index (κ2) is 6.09. The SMILES string of the molecule is CCC(C)(OC)c1nc(Cl)c(Br)c(COC)n1. The number of halogens is 2. The van der Waals surface area contributed by atoms with Crippen LogP contribution < -0.4 is 0 Å². The molecule has 0 aliphatic carbocycles. The molecule has 0 aliphatic rings.